The first-order valence-electron chi connectivity index (χ1n) is 8.95. The minimum absolute atomic E-state index is 0.00733. The minimum atomic E-state index is -0.00733. The van der Waals surface area contributed by atoms with Crippen LogP contribution in [0, 0.1) is 0 Å². The molecule has 1 fully saturated rings. The molecule has 2 aliphatic heterocycles. The number of pyridine rings is 1. The summed E-state index contributed by atoms with van der Waals surface area (Å²) in [6.07, 6.45) is 2.78. The van der Waals surface area contributed by atoms with E-state index < -0.39 is 0 Å². The van der Waals surface area contributed by atoms with Crippen molar-refractivity contribution in [2.24, 2.45) is 0 Å². The molecule has 0 aliphatic carbocycles. The molecule has 0 N–H and O–H groups in total. The van der Waals surface area contributed by atoms with E-state index >= 15 is 0 Å². The maximum Gasteiger partial charge on any atom is 0.256 e. The molecule has 25 heavy (non-hydrogen) atoms. The van der Waals surface area contributed by atoms with Gasteiger partial charge in [-0.2, -0.15) is 0 Å². The topological polar surface area (TPSA) is 51.5 Å². The summed E-state index contributed by atoms with van der Waals surface area (Å²) in [6, 6.07) is 11.4. The van der Waals surface area contributed by atoms with Crippen molar-refractivity contribution in [3.8, 4) is 11.1 Å². The number of carbonyl (C=O) groups excluding carboxylic acids is 1. The van der Waals surface area contributed by atoms with E-state index in [-0.39, 0.29) is 11.5 Å². The summed E-state index contributed by atoms with van der Waals surface area (Å²) >= 11 is 0. The van der Waals surface area contributed by atoms with Crippen molar-refractivity contribution in [1.82, 2.24) is 9.47 Å². The van der Waals surface area contributed by atoms with Crippen molar-refractivity contribution >= 4 is 5.91 Å². The van der Waals surface area contributed by atoms with Gasteiger partial charge in [0.05, 0.1) is 18.8 Å². The molecule has 0 unspecified atom stereocenters. The van der Waals surface area contributed by atoms with Crippen LogP contribution in [0.2, 0.25) is 0 Å². The summed E-state index contributed by atoms with van der Waals surface area (Å²) in [5, 5.41) is 0. The lowest BCUT2D eigenvalue weighted by atomic mass is 9.93. The zero-order valence-corrected chi connectivity index (χ0v) is 14.2. The summed E-state index contributed by atoms with van der Waals surface area (Å²) in [4.78, 5) is 27.8. The molecule has 0 saturated carbocycles. The first-order chi connectivity index (χ1) is 12.3. The van der Waals surface area contributed by atoms with Gasteiger partial charge in [0.25, 0.3) is 11.5 Å². The summed E-state index contributed by atoms with van der Waals surface area (Å²) in [6.45, 7) is 3.05. The van der Waals surface area contributed by atoms with Crippen molar-refractivity contribution in [2.45, 2.75) is 25.8 Å². The molecule has 1 aromatic carbocycles. The third kappa shape index (κ3) is 3.00. The van der Waals surface area contributed by atoms with Gasteiger partial charge in [0.2, 0.25) is 0 Å². The normalized spacial score (nSPS) is 17.2. The fourth-order valence-electron chi connectivity index (χ4n) is 3.77. The molecule has 0 spiro atoms. The van der Waals surface area contributed by atoms with E-state index in [2.05, 4.69) is 0 Å². The van der Waals surface area contributed by atoms with Crippen LogP contribution in [0.3, 0.4) is 0 Å². The van der Waals surface area contributed by atoms with E-state index in [1.54, 1.807) is 10.6 Å². The van der Waals surface area contributed by atoms with E-state index in [0.29, 0.717) is 38.4 Å². The van der Waals surface area contributed by atoms with E-state index in [0.717, 1.165) is 36.1 Å². The van der Waals surface area contributed by atoms with Gasteiger partial charge in [-0.25, -0.2) is 0 Å². The fourth-order valence-corrected chi connectivity index (χ4v) is 3.77. The van der Waals surface area contributed by atoms with Gasteiger partial charge in [0.1, 0.15) is 0 Å². The van der Waals surface area contributed by atoms with Crippen LogP contribution >= 0.6 is 0 Å². The van der Waals surface area contributed by atoms with E-state index in [1.165, 1.54) is 0 Å². The second kappa shape index (κ2) is 6.84. The highest BCUT2D eigenvalue weighted by Gasteiger charge is 2.28. The van der Waals surface area contributed by atoms with E-state index in [1.807, 2.05) is 35.2 Å². The lowest BCUT2D eigenvalue weighted by Crippen LogP contribution is -2.42. The number of carbonyl (C=O) groups is 1. The van der Waals surface area contributed by atoms with E-state index in [9.17, 15) is 9.59 Å². The molecule has 0 bridgehead atoms. The zero-order valence-electron chi connectivity index (χ0n) is 14.2. The lowest BCUT2D eigenvalue weighted by molar-refractivity contribution is 0.0301. The average molecular weight is 338 g/mol. The molecule has 1 aromatic heterocycles. The number of rotatable bonds is 2. The predicted molar refractivity (Wildman–Crippen MR) is 95.8 cm³/mol. The van der Waals surface area contributed by atoms with Crippen molar-refractivity contribution in [2.75, 3.05) is 26.3 Å². The van der Waals surface area contributed by atoms with Crippen molar-refractivity contribution in [3.63, 3.8) is 0 Å². The molecule has 5 nitrogen and oxygen atoms in total. The highest BCUT2D eigenvalue weighted by atomic mass is 16.5. The zero-order chi connectivity index (χ0) is 17.2. The molecule has 130 valence electrons. The van der Waals surface area contributed by atoms with Crippen LogP contribution in [0.5, 0.6) is 0 Å². The Morgan fingerprint density at radius 3 is 2.52 bits per heavy atom. The Kier molecular flexibility index (Phi) is 4.40. The molecule has 5 heteroatoms. The summed E-state index contributed by atoms with van der Waals surface area (Å²) in [5.74, 6) is 0.0211. The van der Waals surface area contributed by atoms with Crippen LogP contribution in [-0.4, -0.2) is 41.7 Å². The summed E-state index contributed by atoms with van der Waals surface area (Å²) in [5.41, 5.74) is 3.27. The van der Waals surface area contributed by atoms with Gasteiger partial charge < -0.3 is 14.2 Å². The maximum atomic E-state index is 13.3. The first-order valence-corrected chi connectivity index (χ1v) is 8.95. The molecular formula is C20H22N2O3. The monoisotopic (exact) mass is 338 g/mol. The van der Waals surface area contributed by atoms with Crippen LogP contribution in [0.25, 0.3) is 11.1 Å². The number of aromatic nitrogens is 1. The smallest absolute Gasteiger partial charge is 0.256 e. The standard InChI is InChI=1S/C20H22N2O3/c23-18-14-16(15-6-2-1-3-7-15)19(17-8-4-5-9-22(17)18)20(24)21-10-12-25-13-11-21/h1-3,6-7,14H,4-5,8-13H2. The van der Waals surface area contributed by atoms with E-state index in [4.69, 9.17) is 4.74 Å². The minimum Gasteiger partial charge on any atom is -0.378 e. The van der Waals surface area contributed by atoms with Crippen LogP contribution in [0.4, 0.5) is 0 Å². The largest absolute Gasteiger partial charge is 0.378 e. The van der Waals surface area contributed by atoms with Gasteiger partial charge in [0, 0.05) is 37.0 Å². The van der Waals surface area contributed by atoms with Gasteiger partial charge >= 0.3 is 0 Å². The highest BCUT2D eigenvalue weighted by Crippen LogP contribution is 2.29. The summed E-state index contributed by atoms with van der Waals surface area (Å²) in [7, 11) is 0. The number of hydrogen-bond donors (Lipinski definition) is 0. The summed E-state index contributed by atoms with van der Waals surface area (Å²) < 4.78 is 7.18. The van der Waals surface area contributed by atoms with Crippen LogP contribution in [0.1, 0.15) is 28.9 Å². The number of benzene rings is 1. The number of morpholine rings is 1. The second-order valence-corrected chi connectivity index (χ2v) is 6.60. The molecule has 4 rings (SSSR count). The third-order valence-electron chi connectivity index (χ3n) is 5.06. The SMILES string of the molecule is O=C(c1c(-c2ccccc2)cc(=O)n2c1CCCC2)N1CCOCC1. The Bertz CT molecular complexity index is 836. The second-order valence-electron chi connectivity index (χ2n) is 6.60. The molecule has 3 heterocycles. The average Bonchev–Trinajstić information content (AvgIpc) is 2.69. The Morgan fingerprint density at radius 2 is 1.76 bits per heavy atom. The number of fused-ring (bicyclic) bond motifs is 1. The van der Waals surface area contributed by atoms with Crippen LogP contribution in [-0.2, 0) is 17.7 Å². The van der Waals surface area contributed by atoms with Gasteiger partial charge in [-0.15, -0.1) is 0 Å². The van der Waals surface area contributed by atoms with Gasteiger partial charge in [-0.3, -0.25) is 9.59 Å². The maximum absolute atomic E-state index is 13.3. The Labute approximate surface area is 146 Å². The Hall–Kier alpha value is -2.40. The fraction of sp³-hybridized carbons (Fsp3) is 0.400. The third-order valence-corrected chi connectivity index (χ3v) is 5.06. The first kappa shape index (κ1) is 16.1. The molecule has 1 amide bonds. The highest BCUT2D eigenvalue weighted by molar-refractivity contribution is 6.02. The predicted octanol–water partition coefficient (Wildman–Crippen LogP) is 2.32. The van der Waals surface area contributed by atoms with Gasteiger partial charge in [0.15, 0.2) is 0 Å². The van der Waals surface area contributed by atoms with Crippen molar-refractivity contribution < 1.29 is 9.53 Å². The number of amides is 1. The van der Waals surface area contributed by atoms with Gasteiger partial charge in [-0.1, -0.05) is 30.3 Å². The molecule has 2 aromatic rings. The quantitative estimate of drug-likeness (QED) is 0.844. The number of hydrogen-bond acceptors (Lipinski definition) is 3. The Balaban J connectivity index is 1.90. The lowest BCUT2D eigenvalue weighted by Gasteiger charge is -2.30. The van der Waals surface area contributed by atoms with Crippen LogP contribution in [0.15, 0.2) is 41.2 Å². The van der Waals surface area contributed by atoms with Crippen molar-refractivity contribution in [3.05, 3.63) is 58.0 Å². The van der Waals surface area contributed by atoms with Crippen molar-refractivity contribution in [1.29, 1.82) is 0 Å². The van der Waals surface area contributed by atoms with Gasteiger partial charge in [-0.05, 0) is 24.8 Å². The molecule has 1 saturated heterocycles. The molecule has 2 aliphatic rings. The molecule has 0 radical (unpaired) electrons. The molecule has 0 atom stereocenters. The van der Waals surface area contributed by atoms with Crippen LogP contribution < -0.4 is 5.56 Å². The number of ether oxygens (including phenoxy) is 1. The Morgan fingerprint density at radius 1 is 1.00 bits per heavy atom. The number of nitrogens with zero attached hydrogens (tertiary/aromatic N) is 2. The molecular weight excluding hydrogens is 316 g/mol.